The first kappa shape index (κ1) is 15.2. The van der Waals surface area contributed by atoms with Gasteiger partial charge in [0.15, 0.2) is 11.6 Å². The fourth-order valence-electron chi connectivity index (χ4n) is 1.79. The third-order valence-electron chi connectivity index (χ3n) is 2.91. The van der Waals surface area contributed by atoms with Crippen molar-refractivity contribution in [2.24, 2.45) is 0 Å². The maximum absolute atomic E-state index is 11.6. The Labute approximate surface area is 122 Å². The van der Waals surface area contributed by atoms with E-state index in [2.05, 4.69) is 10.1 Å². The average molecular weight is 293 g/mol. The van der Waals surface area contributed by atoms with Crippen molar-refractivity contribution in [3.8, 4) is 11.7 Å². The summed E-state index contributed by atoms with van der Waals surface area (Å²) in [4.78, 5) is 17.8. The lowest BCUT2D eigenvalue weighted by molar-refractivity contribution is -0.145. The first-order valence-corrected chi connectivity index (χ1v) is 6.86. The van der Waals surface area contributed by atoms with Gasteiger partial charge in [0.2, 0.25) is 0 Å². The Bertz CT molecular complexity index is 563. The number of carbonyl (C=O) groups is 1. The molecule has 0 aliphatic heterocycles. The summed E-state index contributed by atoms with van der Waals surface area (Å²) in [5.74, 6) is 1.09. The zero-order valence-electron chi connectivity index (χ0n) is 12.4. The lowest BCUT2D eigenvalue weighted by atomic mass is 10.3. The second-order valence-electron chi connectivity index (χ2n) is 4.80. The predicted octanol–water partition coefficient (Wildman–Crippen LogP) is 2.10. The van der Waals surface area contributed by atoms with Crippen LogP contribution in [-0.2, 0) is 16.1 Å². The molecule has 0 aliphatic rings. The number of ether oxygens (including phenoxy) is 1. The average Bonchev–Trinajstić information content (AvgIpc) is 3.08. The highest BCUT2D eigenvalue weighted by Crippen LogP contribution is 2.17. The van der Waals surface area contributed by atoms with Crippen LogP contribution in [0.3, 0.4) is 0 Å². The van der Waals surface area contributed by atoms with Crippen molar-refractivity contribution in [1.82, 2.24) is 15.0 Å². The Morgan fingerprint density at radius 3 is 2.90 bits per heavy atom. The van der Waals surface area contributed by atoms with Crippen molar-refractivity contribution in [2.75, 3.05) is 13.2 Å². The number of nitrogens with zero attached hydrogens (tertiary/aromatic N) is 3. The normalized spacial score (nSPS) is 11.3. The third-order valence-corrected chi connectivity index (χ3v) is 2.91. The highest BCUT2D eigenvalue weighted by Gasteiger charge is 2.19. The molecule has 0 N–H and O–H groups in total. The summed E-state index contributed by atoms with van der Waals surface area (Å²) in [5.41, 5.74) is 0. The number of esters is 1. The van der Waals surface area contributed by atoms with Crippen LogP contribution in [0.15, 0.2) is 27.3 Å². The molecular weight excluding hydrogens is 274 g/mol. The van der Waals surface area contributed by atoms with Gasteiger partial charge in [-0.1, -0.05) is 5.16 Å². The Hall–Kier alpha value is -2.15. The Kier molecular flexibility index (Phi) is 5.10. The number of rotatable bonds is 7. The van der Waals surface area contributed by atoms with E-state index < -0.39 is 0 Å². The molecule has 0 bridgehead atoms. The van der Waals surface area contributed by atoms with Gasteiger partial charge in [-0.25, -0.2) is 0 Å². The van der Waals surface area contributed by atoms with E-state index in [1.807, 2.05) is 18.7 Å². The van der Waals surface area contributed by atoms with Crippen molar-refractivity contribution in [3.63, 3.8) is 0 Å². The van der Waals surface area contributed by atoms with E-state index in [-0.39, 0.29) is 18.6 Å². The van der Waals surface area contributed by atoms with Crippen LogP contribution >= 0.6 is 0 Å². The second-order valence-corrected chi connectivity index (χ2v) is 4.80. The van der Waals surface area contributed by atoms with Gasteiger partial charge in [0.1, 0.15) is 0 Å². The van der Waals surface area contributed by atoms with E-state index in [9.17, 15) is 4.79 Å². The molecule has 0 unspecified atom stereocenters. The number of furan rings is 1. The van der Waals surface area contributed by atoms with Gasteiger partial charge in [0.25, 0.3) is 5.89 Å². The minimum Gasteiger partial charge on any atom is -0.465 e. The van der Waals surface area contributed by atoms with E-state index in [0.29, 0.717) is 30.6 Å². The van der Waals surface area contributed by atoms with Gasteiger partial charge >= 0.3 is 5.97 Å². The van der Waals surface area contributed by atoms with Crippen LogP contribution in [0.2, 0.25) is 0 Å². The molecular formula is C14H19N3O4. The number of hydrogen-bond acceptors (Lipinski definition) is 7. The first-order valence-electron chi connectivity index (χ1n) is 6.86. The van der Waals surface area contributed by atoms with E-state index >= 15 is 0 Å². The molecule has 2 aromatic heterocycles. The number of aromatic nitrogens is 2. The standard InChI is InChI=1S/C14H19N3O4/c1-4-19-13(18)9-17(10(2)3)8-12-15-14(21-16-12)11-6-5-7-20-11/h5-7,10H,4,8-9H2,1-3H3. The van der Waals surface area contributed by atoms with Crippen molar-refractivity contribution in [3.05, 3.63) is 24.2 Å². The summed E-state index contributed by atoms with van der Waals surface area (Å²) in [5, 5.41) is 3.91. The van der Waals surface area contributed by atoms with Crippen LogP contribution in [0, 0.1) is 0 Å². The number of carbonyl (C=O) groups excluding carboxylic acids is 1. The molecule has 0 atom stereocenters. The molecule has 0 aromatic carbocycles. The minimum absolute atomic E-state index is 0.153. The van der Waals surface area contributed by atoms with E-state index in [1.165, 1.54) is 0 Å². The zero-order chi connectivity index (χ0) is 15.2. The Morgan fingerprint density at radius 1 is 1.48 bits per heavy atom. The van der Waals surface area contributed by atoms with E-state index in [1.54, 1.807) is 25.3 Å². The highest BCUT2D eigenvalue weighted by atomic mass is 16.5. The fourth-order valence-corrected chi connectivity index (χ4v) is 1.79. The molecule has 0 saturated heterocycles. The van der Waals surface area contributed by atoms with Gasteiger partial charge < -0.3 is 13.7 Å². The Balaban J connectivity index is 2.02. The molecule has 0 radical (unpaired) electrons. The maximum Gasteiger partial charge on any atom is 0.320 e. The molecule has 0 fully saturated rings. The molecule has 7 nitrogen and oxygen atoms in total. The number of hydrogen-bond donors (Lipinski definition) is 0. The molecule has 2 aromatic rings. The smallest absolute Gasteiger partial charge is 0.320 e. The van der Waals surface area contributed by atoms with Crippen molar-refractivity contribution >= 4 is 5.97 Å². The molecule has 21 heavy (non-hydrogen) atoms. The van der Waals surface area contributed by atoms with Gasteiger partial charge in [-0.2, -0.15) is 4.98 Å². The summed E-state index contributed by atoms with van der Waals surface area (Å²) in [6.07, 6.45) is 1.54. The quantitative estimate of drug-likeness (QED) is 0.723. The van der Waals surface area contributed by atoms with Gasteiger partial charge in [0.05, 0.1) is 26.0 Å². The molecule has 0 amide bonds. The summed E-state index contributed by atoms with van der Waals surface area (Å²) in [7, 11) is 0. The fraction of sp³-hybridized carbons (Fsp3) is 0.500. The van der Waals surface area contributed by atoms with Crippen LogP contribution in [0.5, 0.6) is 0 Å². The van der Waals surface area contributed by atoms with Crippen LogP contribution in [0.4, 0.5) is 0 Å². The molecule has 2 rings (SSSR count). The SMILES string of the molecule is CCOC(=O)CN(Cc1noc(-c2ccco2)n1)C(C)C. The van der Waals surface area contributed by atoms with Crippen LogP contribution in [-0.4, -0.2) is 40.2 Å². The molecule has 0 aliphatic carbocycles. The summed E-state index contributed by atoms with van der Waals surface area (Å²) in [6.45, 7) is 6.73. The van der Waals surface area contributed by atoms with E-state index in [0.717, 1.165) is 0 Å². The molecule has 114 valence electrons. The molecule has 7 heteroatoms. The summed E-state index contributed by atoms with van der Waals surface area (Å²) < 4.78 is 15.3. The monoisotopic (exact) mass is 293 g/mol. The molecule has 2 heterocycles. The molecule has 0 spiro atoms. The summed E-state index contributed by atoms with van der Waals surface area (Å²) >= 11 is 0. The van der Waals surface area contributed by atoms with Crippen LogP contribution in [0.1, 0.15) is 26.6 Å². The predicted molar refractivity (Wildman–Crippen MR) is 74.2 cm³/mol. The zero-order valence-corrected chi connectivity index (χ0v) is 12.4. The van der Waals surface area contributed by atoms with Crippen molar-refractivity contribution < 1.29 is 18.5 Å². The highest BCUT2D eigenvalue weighted by molar-refractivity contribution is 5.71. The van der Waals surface area contributed by atoms with Crippen molar-refractivity contribution in [2.45, 2.75) is 33.4 Å². The summed E-state index contributed by atoms with van der Waals surface area (Å²) in [6, 6.07) is 3.65. The minimum atomic E-state index is -0.263. The van der Waals surface area contributed by atoms with Crippen LogP contribution < -0.4 is 0 Å². The van der Waals surface area contributed by atoms with E-state index in [4.69, 9.17) is 13.7 Å². The lowest BCUT2D eigenvalue weighted by Crippen LogP contribution is -2.36. The van der Waals surface area contributed by atoms with Gasteiger partial charge in [-0.3, -0.25) is 9.69 Å². The van der Waals surface area contributed by atoms with Crippen LogP contribution in [0.25, 0.3) is 11.7 Å². The first-order chi connectivity index (χ1) is 10.1. The van der Waals surface area contributed by atoms with Crippen molar-refractivity contribution in [1.29, 1.82) is 0 Å². The van der Waals surface area contributed by atoms with Gasteiger partial charge in [0, 0.05) is 6.04 Å². The third kappa shape index (κ3) is 4.16. The lowest BCUT2D eigenvalue weighted by Gasteiger charge is -2.23. The topological polar surface area (TPSA) is 81.6 Å². The molecule has 0 saturated carbocycles. The van der Waals surface area contributed by atoms with Gasteiger partial charge in [-0.05, 0) is 32.9 Å². The Morgan fingerprint density at radius 2 is 2.29 bits per heavy atom. The van der Waals surface area contributed by atoms with Gasteiger partial charge in [-0.15, -0.1) is 0 Å². The second kappa shape index (κ2) is 7.03. The largest absolute Gasteiger partial charge is 0.465 e. The maximum atomic E-state index is 11.6.